The molecule has 0 amide bonds. The van der Waals surface area contributed by atoms with Crippen LogP contribution in [-0.2, 0) is 0 Å². The average molecular weight is 273 g/mol. The Hall–Kier alpha value is -0.630. The van der Waals surface area contributed by atoms with Crippen molar-refractivity contribution in [3.63, 3.8) is 0 Å². The largest absolute Gasteiger partial charge is 0.380 e. The Kier molecular flexibility index (Phi) is 2.84. The van der Waals surface area contributed by atoms with Crippen molar-refractivity contribution in [2.45, 2.75) is 49.0 Å². The zero-order valence-corrected chi connectivity index (χ0v) is 12.5. The van der Waals surface area contributed by atoms with Gasteiger partial charge in [-0.2, -0.15) is 0 Å². The molecule has 1 nitrogen and oxygen atoms in total. The highest BCUT2D eigenvalue weighted by atomic mass is 32.2. The van der Waals surface area contributed by atoms with Crippen molar-refractivity contribution in [1.29, 1.82) is 0 Å². The van der Waals surface area contributed by atoms with Gasteiger partial charge in [0.2, 0.25) is 0 Å². The smallest absolute Gasteiger partial charge is 0.0381 e. The lowest BCUT2D eigenvalue weighted by molar-refractivity contribution is 0.0107. The topological polar surface area (TPSA) is 12.0 Å². The van der Waals surface area contributed by atoms with Gasteiger partial charge in [-0.05, 0) is 86.8 Å². The van der Waals surface area contributed by atoms with Gasteiger partial charge in [-0.25, -0.2) is 0 Å². The molecule has 2 heteroatoms. The molecular formula is C17H23NS. The number of anilines is 1. The maximum Gasteiger partial charge on any atom is 0.0381 e. The van der Waals surface area contributed by atoms with E-state index in [4.69, 9.17) is 0 Å². The molecule has 0 aromatic heterocycles. The lowest BCUT2D eigenvalue weighted by atomic mass is 9.53. The molecule has 4 aliphatic carbocycles. The Morgan fingerprint density at radius 1 is 0.947 bits per heavy atom. The normalized spacial score (nSPS) is 39.5. The monoisotopic (exact) mass is 273 g/mol. The van der Waals surface area contributed by atoms with E-state index in [-0.39, 0.29) is 0 Å². The zero-order valence-electron chi connectivity index (χ0n) is 11.7. The van der Waals surface area contributed by atoms with Crippen LogP contribution in [0.15, 0.2) is 29.2 Å². The van der Waals surface area contributed by atoms with E-state index in [9.17, 15) is 0 Å². The van der Waals surface area contributed by atoms with Crippen molar-refractivity contribution in [2.24, 2.45) is 17.8 Å². The molecule has 102 valence electrons. The van der Waals surface area contributed by atoms with Gasteiger partial charge in [0.15, 0.2) is 0 Å². The molecule has 0 heterocycles. The predicted molar refractivity (Wildman–Crippen MR) is 82.7 cm³/mol. The lowest BCUT2D eigenvalue weighted by Gasteiger charge is -2.57. The quantitative estimate of drug-likeness (QED) is 0.795. The van der Waals surface area contributed by atoms with Crippen molar-refractivity contribution >= 4 is 17.4 Å². The Balaban J connectivity index is 1.55. The molecule has 1 N–H and O–H groups in total. The summed E-state index contributed by atoms with van der Waals surface area (Å²) in [5.41, 5.74) is 1.77. The first kappa shape index (κ1) is 12.1. The highest BCUT2D eigenvalue weighted by Crippen LogP contribution is 2.56. The van der Waals surface area contributed by atoms with Gasteiger partial charge in [0.05, 0.1) is 0 Å². The molecule has 0 radical (unpaired) electrons. The van der Waals surface area contributed by atoms with Gasteiger partial charge in [0.1, 0.15) is 0 Å². The van der Waals surface area contributed by atoms with E-state index in [2.05, 4.69) is 35.8 Å². The lowest BCUT2D eigenvalue weighted by Crippen LogP contribution is -2.54. The van der Waals surface area contributed by atoms with Crippen LogP contribution in [0.4, 0.5) is 5.69 Å². The Labute approximate surface area is 120 Å². The Bertz CT molecular complexity index is 429. The molecule has 4 saturated carbocycles. The molecule has 4 aliphatic rings. The van der Waals surface area contributed by atoms with Gasteiger partial charge in [0, 0.05) is 16.1 Å². The van der Waals surface area contributed by atoms with E-state index in [0.717, 1.165) is 17.8 Å². The van der Waals surface area contributed by atoms with Crippen molar-refractivity contribution < 1.29 is 0 Å². The first-order chi connectivity index (χ1) is 9.25. The molecule has 0 aliphatic heterocycles. The highest BCUT2D eigenvalue weighted by molar-refractivity contribution is 7.98. The molecule has 5 rings (SSSR count). The molecule has 4 fully saturated rings. The van der Waals surface area contributed by atoms with Crippen LogP contribution in [0.3, 0.4) is 0 Å². The summed E-state index contributed by atoms with van der Waals surface area (Å²) in [7, 11) is 0. The van der Waals surface area contributed by atoms with Gasteiger partial charge < -0.3 is 5.32 Å². The number of benzene rings is 1. The van der Waals surface area contributed by atoms with Gasteiger partial charge in [-0.3, -0.25) is 0 Å². The molecule has 4 bridgehead atoms. The van der Waals surface area contributed by atoms with Crippen molar-refractivity contribution in [3.05, 3.63) is 24.3 Å². The van der Waals surface area contributed by atoms with E-state index in [0.29, 0.717) is 5.54 Å². The standard InChI is InChI=1S/C17H23NS/c1-19-16-4-2-15(3-5-16)18-17-9-12-6-13(10-17)8-14(7-12)11-17/h2-5,12-14,18H,6-11H2,1H3. The fraction of sp³-hybridized carbons (Fsp3) is 0.647. The van der Waals surface area contributed by atoms with Gasteiger partial charge >= 0.3 is 0 Å². The number of thioether (sulfide) groups is 1. The summed E-state index contributed by atoms with van der Waals surface area (Å²) in [6.45, 7) is 0. The summed E-state index contributed by atoms with van der Waals surface area (Å²) in [4.78, 5) is 1.36. The molecule has 0 unspecified atom stereocenters. The van der Waals surface area contributed by atoms with Gasteiger partial charge in [-0.15, -0.1) is 11.8 Å². The van der Waals surface area contributed by atoms with Crippen LogP contribution in [-0.4, -0.2) is 11.8 Å². The molecule has 0 spiro atoms. The van der Waals surface area contributed by atoms with Crippen molar-refractivity contribution in [2.75, 3.05) is 11.6 Å². The zero-order chi connectivity index (χ0) is 12.9. The second-order valence-electron chi connectivity index (χ2n) is 7.05. The van der Waals surface area contributed by atoms with Crippen LogP contribution >= 0.6 is 11.8 Å². The van der Waals surface area contributed by atoms with E-state index in [1.807, 2.05) is 11.8 Å². The summed E-state index contributed by atoms with van der Waals surface area (Å²) in [5.74, 6) is 3.05. The first-order valence-corrected chi connectivity index (χ1v) is 8.89. The third-order valence-electron chi connectivity index (χ3n) is 5.54. The SMILES string of the molecule is CSc1ccc(NC23CC4CC(CC(C4)C2)C3)cc1. The Morgan fingerprint density at radius 3 is 1.95 bits per heavy atom. The summed E-state index contributed by atoms with van der Waals surface area (Å²) >= 11 is 1.82. The van der Waals surface area contributed by atoms with E-state index < -0.39 is 0 Å². The average Bonchev–Trinajstić information content (AvgIpc) is 2.37. The van der Waals surface area contributed by atoms with Crippen LogP contribution in [0.2, 0.25) is 0 Å². The number of rotatable bonds is 3. The van der Waals surface area contributed by atoms with Crippen LogP contribution < -0.4 is 5.32 Å². The summed E-state index contributed by atoms with van der Waals surface area (Å²) < 4.78 is 0. The minimum Gasteiger partial charge on any atom is -0.380 e. The predicted octanol–water partition coefficient (Wildman–Crippen LogP) is 4.79. The second-order valence-corrected chi connectivity index (χ2v) is 7.93. The van der Waals surface area contributed by atoms with Crippen LogP contribution in [0, 0.1) is 17.8 Å². The van der Waals surface area contributed by atoms with E-state index >= 15 is 0 Å². The maximum atomic E-state index is 3.93. The Morgan fingerprint density at radius 2 is 1.47 bits per heavy atom. The van der Waals surface area contributed by atoms with Crippen LogP contribution in [0.5, 0.6) is 0 Å². The molecule has 19 heavy (non-hydrogen) atoms. The molecular weight excluding hydrogens is 250 g/mol. The molecule has 1 aromatic rings. The van der Waals surface area contributed by atoms with E-state index in [1.165, 1.54) is 49.1 Å². The highest BCUT2D eigenvalue weighted by Gasteiger charge is 2.50. The van der Waals surface area contributed by atoms with Crippen LogP contribution in [0.1, 0.15) is 38.5 Å². The number of hydrogen-bond donors (Lipinski definition) is 1. The molecule has 0 atom stereocenters. The summed E-state index contributed by atoms with van der Waals surface area (Å²) in [6, 6.07) is 9.02. The minimum atomic E-state index is 0.440. The summed E-state index contributed by atoms with van der Waals surface area (Å²) in [5, 5.41) is 3.93. The van der Waals surface area contributed by atoms with Crippen molar-refractivity contribution in [1.82, 2.24) is 0 Å². The van der Waals surface area contributed by atoms with Crippen LogP contribution in [0.25, 0.3) is 0 Å². The van der Waals surface area contributed by atoms with E-state index in [1.54, 1.807) is 0 Å². The molecule has 1 aromatic carbocycles. The number of nitrogens with one attached hydrogen (secondary N) is 1. The van der Waals surface area contributed by atoms with Crippen molar-refractivity contribution in [3.8, 4) is 0 Å². The first-order valence-electron chi connectivity index (χ1n) is 7.67. The fourth-order valence-corrected chi connectivity index (χ4v) is 5.65. The third-order valence-corrected chi connectivity index (χ3v) is 6.28. The van der Waals surface area contributed by atoms with Gasteiger partial charge in [0.25, 0.3) is 0 Å². The number of hydrogen-bond acceptors (Lipinski definition) is 2. The van der Waals surface area contributed by atoms with Gasteiger partial charge in [-0.1, -0.05) is 0 Å². The summed E-state index contributed by atoms with van der Waals surface area (Å²) in [6.07, 6.45) is 11.0. The third kappa shape index (κ3) is 2.18. The fourth-order valence-electron chi connectivity index (χ4n) is 5.24. The maximum absolute atomic E-state index is 3.93. The minimum absolute atomic E-state index is 0.440. The molecule has 0 saturated heterocycles. The second kappa shape index (κ2) is 4.44.